The Bertz CT molecular complexity index is 337. The molecule has 0 aromatic carbocycles. The van der Waals surface area contributed by atoms with Gasteiger partial charge < -0.3 is 5.32 Å². The highest BCUT2D eigenvalue weighted by Gasteiger charge is 2.26. The van der Waals surface area contributed by atoms with Gasteiger partial charge in [-0.25, -0.2) is 0 Å². The number of aromatic nitrogens is 2. The topological polar surface area (TPSA) is 29.9 Å². The fourth-order valence-electron chi connectivity index (χ4n) is 2.16. The Kier molecular flexibility index (Phi) is 3.33. The summed E-state index contributed by atoms with van der Waals surface area (Å²) in [5, 5.41) is 7.94. The zero-order chi connectivity index (χ0) is 11.6. The van der Waals surface area contributed by atoms with Crippen molar-refractivity contribution in [3.63, 3.8) is 0 Å². The highest BCUT2D eigenvalue weighted by Crippen LogP contribution is 2.27. The van der Waals surface area contributed by atoms with Gasteiger partial charge >= 0.3 is 0 Å². The highest BCUT2D eigenvalue weighted by atomic mass is 15.3. The minimum absolute atomic E-state index is 0.217. The van der Waals surface area contributed by atoms with Crippen LogP contribution in [0.2, 0.25) is 0 Å². The van der Waals surface area contributed by atoms with Gasteiger partial charge in [-0.3, -0.25) is 4.68 Å². The van der Waals surface area contributed by atoms with Crippen LogP contribution in [-0.4, -0.2) is 22.4 Å². The number of aryl methyl sites for hydroxylation is 1. The van der Waals surface area contributed by atoms with Gasteiger partial charge in [0.05, 0.1) is 0 Å². The molecule has 1 saturated carbocycles. The highest BCUT2D eigenvalue weighted by molar-refractivity contribution is 5.13. The molecule has 3 nitrogen and oxygen atoms in total. The molecule has 0 unspecified atom stereocenters. The van der Waals surface area contributed by atoms with Gasteiger partial charge in [0.1, 0.15) is 0 Å². The van der Waals surface area contributed by atoms with Crippen LogP contribution in [0.3, 0.4) is 0 Å². The van der Waals surface area contributed by atoms with Crippen molar-refractivity contribution in [3.8, 4) is 0 Å². The molecule has 0 amide bonds. The largest absolute Gasteiger partial charge is 0.314 e. The second-order valence-corrected chi connectivity index (χ2v) is 5.39. The molecule has 2 rings (SSSR count). The first-order valence-corrected chi connectivity index (χ1v) is 6.39. The van der Waals surface area contributed by atoms with Gasteiger partial charge in [-0.1, -0.05) is 13.8 Å². The van der Waals surface area contributed by atoms with Crippen LogP contribution < -0.4 is 5.32 Å². The maximum Gasteiger partial charge on any atom is 0.0492 e. The standard InChI is InChI=1S/C13H23N3/c1-4-16-12(7-9-15-16)13(2,3)8-10-14-11-5-6-11/h7,9,11,14H,4-6,8,10H2,1-3H3. The molecule has 0 radical (unpaired) electrons. The molecule has 3 heteroatoms. The van der Waals surface area contributed by atoms with Gasteiger partial charge in [0, 0.05) is 29.9 Å². The van der Waals surface area contributed by atoms with Gasteiger partial charge in [0.25, 0.3) is 0 Å². The second-order valence-electron chi connectivity index (χ2n) is 5.39. The van der Waals surface area contributed by atoms with E-state index in [1.165, 1.54) is 25.0 Å². The van der Waals surface area contributed by atoms with Crippen LogP contribution in [0, 0.1) is 0 Å². The third-order valence-corrected chi connectivity index (χ3v) is 3.47. The molecule has 90 valence electrons. The summed E-state index contributed by atoms with van der Waals surface area (Å²) in [4.78, 5) is 0. The van der Waals surface area contributed by atoms with E-state index < -0.39 is 0 Å². The maximum absolute atomic E-state index is 4.35. The Hall–Kier alpha value is -0.830. The van der Waals surface area contributed by atoms with Crippen molar-refractivity contribution in [2.75, 3.05) is 6.54 Å². The second kappa shape index (κ2) is 4.58. The number of hydrogen-bond acceptors (Lipinski definition) is 2. The number of nitrogens with one attached hydrogen (secondary N) is 1. The lowest BCUT2D eigenvalue weighted by atomic mass is 9.85. The van der Waals surface area contributed by atoms with Gasteiger partial charge in [-0.15, -0.1) is 0 Å². The average molecular weight is 221 g/mol. The van der Waals surface area contributed by atoms with Crippen LogP contribution in [0.1, 0.15) is 45.7 Å². The number of hydrogen-bond donors (Lipinski definition) is 1. The van der Waals surface area contributed by atoms with E-state index in [-0.39, 0.29) is 5.41 Å². The molecule has 1 aliphatic carbocycles. The first kappa shape index (κ1) is 11.6. The summed E-state index contributed by atoms with van der Waals surface area (Å²) in [6.07, 6.45) is 5.82. The molecule has 0 saturated heterocycles. The van der Waals surface area contributed by atoms with E-state index in [0.29, 0.717) is 0 Å². The Morgan fingerprint density at radius 2 is 2.25 bits per heavy atom. The first-order valence-electron chi connectivity index (χ1n) is 6.39. The van der Waals surface area contributed by atoms with Gasteiger partial charge in [0.15, 0.2) is 0 Å². The molecule has 16 heavy (non-hydrogen) atoms. The predicted octanol–water partition coefficient (Wildman–Crippen LogP) is 2.32. The molecule has 1 aromatic rings. The van der Waals surface area contributed by atoms with Gasteiger partial charge in [-0.2, -0.15) is 5.10 Å². The fraction of sp³-hybridized carbons (Fsp3) is 0.769. The van der Waals surface area contributed by atoms with Gasteiger partial charge in [0.2, 0.25) is 0 Å². The number of nitrogens with zero attached hydrogens (tertiary/aromatic N) is 2. The molecular formula is C13H23N3. The van der Waals surface area contributed by atoms with E-state index in [9.17, 15) is 0 Å². The zero-order valence-corrected chi connectivity index (χ0v) is 10.7. The summed E-state index contributed by atoms with van der Waals surface area (Å²) in [5.41, 5.74) is 1.57. The van der Waals surface area contributed by atoms with E-state index in [2.05, 4.69) is 41.9 Å². The predicted molar refractivity (Wildman–Crippen MR) is 66.6 cm³/mol. The van der Waals surface area contributed by atoms with Crippen molar-refractivity contribution in [3.05, 3.63) is 18.0 Å². The Labute approximate surface area is 98.2 Å². The van der Waals surface area contributed by atoms with E-state index in [4.69, 9.17) is 0 Å². The molecule has 1 heterocycles. The molecule has 1 fully saturated rings. The maximum atomic E-state index is 4.35. The lowest BCUT2D eigenvalue weighted by Crippen LogP contribution is -2.28. The molecule has 1 aliphatic rings. The van der Waals surface area contributed by atoms with Crippen molar-refractivity contribution in [2.45, 2.75) is 58.0 Å². The van der Waals surface area contributed by atoms with E-state index in [1.54, 1.807) is 0 Å². The van der Waals surface area contributed by atoms with Crippen molar-refractivity contribution in [1.29, 1.82) is 0 Å². The smallest absolute Gasteiger partial charge is 0.0492 e. The Morgan fingerprint density at radius 3 is 2.88 bits per heavy atom. The van der Waals surface area contributed by atoms with Crippen LogP contribution in [0.25, 0.3) is 0 Å². The zero-order valence-electron chi connectivity index (χ0n) is 10.7. The molecule has 0 bridgehead atoms. The van der Waals surface area contributed by atoms with E-state index in [1.807, 2.05) is 6.20 Å². The monoisotopic (exact) mass is 221 g/mol. The van der Waals surface area contributed by atoms with E-state index in [0.717, 1.165) is 19.1 Å². The third kappa shape index (κ3) is 2.64. The van der Waals surface area contributed by atoms with Crippen LogP contribution in [-0.2, 0) is 12.0 Å². The van der Waals surface area contributed by atoms with Gasteiger partial charge in [-0.05, 0) is 38.8 Å². The van der Waals surface area contributed by atoms with Crippen LogP contribution in [0.4, 0.5) is 0 Å². The first-order chi connectivity index (χ1) is 7.63. The SMILES string of the molecule is CCn1nccc1C(C)(C)CCNC1CC1. The third-order valence-electron chi connectivity index (χ3n) is 3.47. The summed E-state index contributed by atoms with van der Waals surface area (Å²) >= 11 is 0. The normalized spacial score (nSPS) is 16.7. The Balaban J connectivity index is 1.93. The van der Waals surface area contributed by atoms with E-state index >= 15 is 0 Å². The quantitative estimate of drug-likeness (QED) is 0.799. The number of rotatable bonds is 6. The van der Waals surface area contributed by atoms with Crippen molar-refractivity contribution >= 4 is 0 Å². The summed E-state index contributed by atoms with van der Waals surface area (Å²) in [5.74, 6) is 0. The molecule has 0 spiro atoms. The van der Waals surface area contributed by atoms with Crippen LogP contribution in [0.15, 0.2) is 12.3 Å². The van der Waals surface area contributed by atoms with Crippen molar-refractivity contribution in [1.82, 2.24) is 15.1 Å². The minimum atomic E-state index is 0.217. The lowest BCUT2D eigenvalue weighted by molar-refractivity contribution is 0.415. The minimum Gasteiger partial charge on any atom is -0.314 e. The summed E-state index contributed by atoms with van der Waals surface area (Å²) in [7, 11) is 0. The summed E-state index contributed by atoms with van der Waals surface area (Å²) in [6, 6.07) is 2.97. The van der Waals surface area contributed by atoms with Crippen LogP contribution >= 0.6 is 0 Å². The molecule has 1 aromatic heterocycles. The molecule has 0 aliphatic heterocycles. The van der Waals surface area contributed by atoms with Crippen molar-refractivity contribution in [2.24, 2.45) is 0 Å². The lowest BCUT2D eigenvalue weighted by Gasteiger charge is -2.25. The molecule has 0 atom stereocenters. The van der Waals surface area contributed by atoms with Crippen LogP contribution in [0.5, 0.6) is 0 Å². The fourth-order valence-corrected chi connectivity index (χ4v) is 2.16. The average Bonchev–Trinajstić information content (AvgIpc) is 2.93. The molecule has 1 N–H and O–H groups in total. The Morgan fingerprint density at radius 1 is 1.50 bits per heavy atom. The molecular weight excluding hydrogens is 198 g/mol. The van der Waals surface area contributed by atoms with Crippen molar-refractivity contribution < 1.29 is 0 Å². The summed E-state index contributed by atoms with van der Waals surface area (Å²) < 4.78 is 2.11. The summed E-state index contributed by atoms with van der Waals surface area (Å²) in [6.45, 7) is 8.85.